The lowest BCUT2D eigenvalue weighted by atomic mass is 10.1. The first kappa shape index (κ1) is 17.4. The summed E-state index contributed by atoms with van der Waals surface area (Å²) in [4.78, 5) is 33.5. The van der Waals surface area contributed by atoms with Crippen molar-refractivity contribution in [3.63, 3.8) is 0 Å². The average molecular weight is 272 g/mol. The smallest absolute Gasteiger partial charge is 0.236 e. The first-order chi connectivity index (χ1) is 8.86. The molecule has 0 aliphatic rings. The van der Waals surface area contributed by atoms with E-state index in [4.69, 9.17) is 11.5 Å². The molecule has 2 unspecified atom stereocenters. The van der Waals surface area contributed by atoms with Gasteiger partial charge in [0, 0.05) is 25.4 Å². The van der Waals surface area contributed by atoms with Crippen LogP contribution < -0.4 is 22.1 Å². The van der Waals surface area contributed by atoms with Gasteiger partial charge in [-0.2, -0.15) is 0 Å². The van der Waals surface area contributed by atoms with Crippen LogP contribution in [0, 0.1) is 0 Å². The second-order valence-electron chi connectivity index (χ2n) is 4.53. The van der Waals surface area contributed by atoms with E-state index < -0.39 is 11.9 Å². The molecule has 0 radical (unpaired) electrons. The third-order valence-electron chi connectivity index (χ3n) is 2.71. The van der Waals surface area contributed by atoms with E-state index in [0.29, 0.717) is 0 Å². The van der Waals surface area contributed by atoms with Crippen LogP contribution >= 0.6 is 0 Å². The Labute approximate surface area is 113 Å². The fraction of sp³-hybridized carbons (Fsp3) is 0.750. The van der Waals surface area contributed by atoms with Crippen molar-refractivity contribution in [2.75, 3.05) is 6.54 Å². The van der Waals surface area contributed by atoms with Crippen LogP contribution in [-0.4, -0.2) is 36.3 Å². The van der Waals surface area contributed by atoms with Gasteiger partial charge in [-0.05, 0) is 19.8 Å². The fourth-order valence-corrected chi connectivity index (χ4v) is 1.31. The molecule has 0 rings (SSSR count). The van der Waals surface area contributed by atoms with E-state index in [-0.39, 0.29) is 43.7 Å². The van der Waals surface area contributed by atoms with Crippen LogP contribution in [-0.2, 0) is 14.4 Å². The Hall–Kier alpha value is -1.63. The number of carbonyl (C=O) groups excluding carboxylic acids is 3. The summed E-state index contributed by atoms with van der Waals surface area (Å²) in [6.45, 7) is 4.12. The molecule has 0 aliphatic carbocycles. The van der Waals surface area contributed by atoms with E-state index in [1.807, 2.05) is 13.8 Å². The summed E-state index contributed by atoms with van der Waals surface area (Å²) >= 11 is 0. The van der Waals surface area contributed by atoms with Crippen molar-refractivity contribution >= 4 is 17.7 Å². The molecule has 0 aromatic heterocycles. The van der Waals surface area contributed by atoms with Gasteiger partial charge in [-0.15, -0.1) is 0 Å². The first-order valence-electron chi connectivity index (χ1n) is 6.47. The zero-order chi connectivity index (χ0) is 14.8. The van der Waals surface area contributed by atoms with E-state index >= 15 is 0 Å². The summed E-state index contributed by atoms with van der Waals surface area (Å²) in [5, 5.41) is 5.34. The predicted octanol–water partition coefficient (Wildman–Crippen LogP) is -1.000. The van der Waals surface area contributed by atoms with E-state index in [1.165, 1.54) is 0 Å². The van der Waals surface area contributed by atoms with E-state index in [0.717, 1.165) is 6.42 Å². The summed E-state index contributed by atoms with van der Waals surface area (Å²) in [5.41, 5.74) is 10.5. The Morgan fingerprint density at radius 3 is 2.37 bits per heavy atom. The maximum Gasteiger partial charge on any atom is 0.236 e. The van der Waals surface area contributed by atoms with Crippen molar-refractivity contribution in [1.29, 1.82) is 0 Å². The highest BCUT2D eigenvalue weighted by Gasteiger charge is 2.14. The van der Waals surface area contributed by atoms with Gasteiger partial charge in [0.1, 0.15) is 0 Å². The number of primary amides is 1. The maximum atomic E-state index is 11.5. The van der Waals surface area contributed by atoms with Gasteiger partial charge in [0.15, 0.2) is 0 Å². The lowest BCUT2D eigenvalue weighted by Crippen LogP contribution is -2.42. The lowest BCUT2D eigenvalue weighted by molar-refractivity contribution is -0.123. The van der Waals surface area contributed by atoms with Crippen LogP contribution in [0.15, 0.2) is 0 Å². The quantitative estimate of drug-likeness (QED) is 0.429. The first-order valence-corrected chi connectivity index (χ1v) is 6.47. The Morgan fingerprint density at radius 1 is 1.21 bits per heavy atom. The Kier molecular flexibility index (Phi) is 8.52. The second-order valence-corrected chi connectivity index (χ2v) is 4.53. The highest BCUT2D eigenvalue weighted by atomic mass is 16.2. The van der Waals surface area contributed by atoms with Gasteiger partial charge in [0.2, 0.25) is 17.7 Å². The van der Waals surface area contributed by atoms with Crippen molar-refractivity contribution < 1.29 is 14.4 Å². The normalized spacial score (nSPS) is 13.4. The highest BCUT2D eigenvalue weighted by Crippen LogP contribution is 1.94. The molecule has 0 aromatic rings. The monoisotopic (exact) mass is 272 g/mol. The summed E-state index contributed by atoms with van der Waals surface area (Å²) in [7, 11) is 0. The summed E-state index contributed by atoms with van der Waals surface area (Å²) in [6.07, 6.45) is 1.35. The van der Waals surface area contributed by atoms with Crippen LogP contribution in [0.4, 0.5) is 0 Å². The maximum absolute atomic E-state index is 11.5. The molecule has 19 heavy (non-hydrogen) atoms. The molecule has 0 saturated carbocycles. The Bertz CT molecular complexity index is 320. The standard InChI is InChI=1S/C12H24N4O3/c1-3-8(2)16-11(18)6-7-15-12(19)9(13)4-5-10(14)17/h8-9H,3-7,13H2,1-2H3,(H2,14,17)(H,15,19)(H,16,18). The highest BCUT2D eigenvalue weighted by molar-refractivity contribution is 5.83. The number of carbonyl (C=O) groups is 3. The Morgan fingerprint density at radius 2 is 1.84 bits per heavy atom. The third kappa shape index (κ3) is 9.01. The molecule has 0 heterocycles. The molecule has 0 fully saturated rings. The van der Waals surface area contributed by atoms with Gasteiger partial charge in [-0.3, -0.25) is 14.4 Å². The van der Waals surface area contributed by atoms with Crippen LogP contribution in [0.5, 0.6) is 0 Å². The largest absolute Gasteiger partial charge is 0.370 e. The van der Waals surface area contributed by atoms with E-state index in [2.05, 4.69) is 10.6 Å². The van der Waals surface area contributed by atoms with Crippen molar-refractivity contribution in [2.24, 2.45) is 11.5 Å². The number of hydrogen-bond donors (Lipinski definition) is 4. The molecule has 110 valence electrons. The van der Waals surface area contributed by atoms with Gasteiger partial charge in [0.25, 0.3) is 0 Å². The molecule has 0 saturated heterocycles. The number of rotatable bonds is 9. The molecule has 7 nitrogen and oxygen atoms in total. The third-order valence-corrected chi connectivity index (χ3v) is 2.71. The molecule has 7 heteroatoms. The van der Waals surface area contributed by atoms with Gasteiger partial charge in [-0.25, -0.2) is 0 Å². The summed E-state index contributed by atoms with van der Waals surface area (Å²) in [6, 6.07) is -0.647. The van der Waals surface area contributed by atoms with Crippen LogP contribution in [0.25, 0.3) is 0 Å². The van der Waals surface area contributed by atoms with Gasteiger partial charge in [0.05, 0.1) is 6.04 Å². The molecule has 0 bridgehead atoms. The number of nitrogens with two attached hydrogens (primary N) is 2. The SMILES string of the molecule is CCC(C)NC(=O)CCNC(=O)C(N)CCC(N)=O. The molecule has 0 aromatic carbocycles. The number of amides is 3. The van der Waals surface area contributed by atoms with E-state index in [9.17, 15) is 14.4 Å². The molecule has 0 spiro atoms. The van der Waals surface area contributed by atoms with Crippen molar-refractivity contribution in [2.45, 2.75) is 51.6 Å². The average Bonchev–Trinajstić information content (AvgIpc) is 2.35. The van der Waals surface area contributed by atoms with Gasteiger partial charge < -0.3 is 22.1 Å². The van der Waals surface area contributed by atoms with Crippen LogP contribution in [0.2, 0.25) is 0 Å². The molecule has 2 atom stereocenters. The molecule has 6 N–H and O–H groups in total. The second kappa shape index (κ2) is 9.32. The molecule has 0 aliphatic heterocycles. The lowest BCUT2D eigenvalue weighted by Gasteiger charge is -2.13. The summed E-state index contributed by atoms with van der Waals surface area (Å²) < 4.78 is 0. The predicted molar refractivity (Wildman–Crippen MR) is 71.9 cm³/mol. The van der Waals surface area contributed by atoms with Gasteiger partial charge >= 0.3 is 0 Å². The minimum Gasteiger partial charge on any atom is -0.370 e. The van der Waals surface area contributed by atoms with Crippen LogP contribution in [0.1, 0.15) is 39.5 Å². The topological polar surface area (TPSA) is 127 Å². The van der Waals surface area contributed by atoms with Crippen LogP contribution in [0.3, 0.4) is 0 Å². The minimum absolute atomic E-state index is 0.0725. The molecular formula is C12H24N4O3. The van der Waals surface area contributed by atoms with E-state index in [1.54, 1.807) is 0 Å². The number of nitrogens with one attached hydrogen (secondary N) is 2. The zero-order valence-corrected chi connectivity index (χ0v) is 11.6. The van der Waals surface area contributed by atoms with Crippen molar-refractivity contribution in [3.05, 3.63) is 0 Å². The number of hydrogen-bond acceptors (Lipinski definition) is 4. The van der Waals surface area contributed by atoms with Crippen molar-refractivity contribution in [1.82, 2.24) is 10.6 Å². The zero-order valence-electron chi connectivity index (χ0n) is 11.6. The Balaban J connectivity index is 3.78. The molecule has 3 amide bonds. The molecular weight excluding hydrogens is 248 g/mol. The minimum atomic E-state index is -0.773. The van der Waals surface area contributed by atoms with Crippen molar-refractivity contribution in [3.8, 4) is 0 Å². The summed E-state index contributed by atoms with van der Waals surface area (Å²) in [5.74, 6) is -0.978. The fourth-order valence-electron chi connectivity index (χ4n) is 1.31. The van der Waals surface area contributed by atoms with Gasteiger partial charge in [-0.1, -0.05) is 6.92 Å².